The van der Waals surface area contributed by atoms with E-state index >= 15 is 0 Å². The molecule has 0 saturated heterocycles. The second-order valence-electron chi connectivity index (χ2n) is 9.19. The first kappa shape index (κ1) is 26.8. The molecule has 0 atom stereocenters. The Morgan fingerprint density at radius 1 is 0.861 bits per heavy atom. The molecule has 3 rings (SSSR count). The van der Waals surface area contributed by atoms with E-state index < -0.39 is 17.2 Å². The molecule has 9 heteroatoms. The Morgan fingerprint density at radius 3 is 2.11 bits per heavy atom. The maximum absolute atomic E-state index is 13.0. The van der Waals surface area contributed by atoms with E-state index in [9.17, 15) is 14.4 Å². The summed E-state index contributed by atoms with van der Waals surface area (Å²) in [7, 11) is 7.15. The van der Waals surface area contributed by atoms with E-state index in [1.807, 2.05) is 20.8 Å². The lowest BCUT2D eigenvalue weighted by Gasteiger charge is -2.18. The topological polar surface area (TPSA) is 96.5 Å². The van der Waals surface area contributed by atoms with Gasteiger partial charge in [0, 0.05) is 23.3 Å². The first-order valence-electron chi connectivity index (χ1n) is 11.2. The van der Waals surface area contributed by atoms with Crippen molar-refractivity contribution in [3.05, 3.63) is 82.4 Å². The molecule has 0 aliphatic carbocycles. The summed E-state index contributed by atoms with van der Waals surface area (Å²) in [5.41, 5.74) is 2.19. The lowest BCUT2D eigenvalue weighted by molar-refractivity contribution is -0.128. The van der Waals surface area contributed by atoms with Crippen LogP contribution in [0.5, 0.6) is 5.75 Å². The minimum atomic E-state index is -0.529. The number of halogens is 1. The van der Waals surface area contributed by atoms with Gasteiger partial charge in [-0.2, -0.15) is 0 Å². The van der Waals surface area contributed by atoms with Gasteiger partial charge in [-0.05, 0) is 48.0 Å². The first-order chi connectivity index (χ1) is 17.0. The Bertz CT molecular complexity index is 1290. The fourth-order valence-corrected chi connectivity index (χ4v) is 3.43. The zero-order chi connectivity index (χ0) is 26.5. The molecule has 0 unspecified atom stereocenters. The SMILES string of the molecule is [B]c1ccc(NC(=O)c2cc(NC(=O)c3cc(CNC(=O)C(C)(C)C)ccc3Cl)ccc2OC)cc1. The average molecular weight is 504 g/mol. The highest BCUT2D eigenvalue weighted by Gasteiger charge is 2.21. The van der Waals surface area contributed by atoms with Crippen molar-refractivity contribution in [2.24, 2.45) is 5.41 Å². The summed E-state index contributed by atoms with van der Waals surface area (Å²) in [6, 6.07) is 16.4. The number of nitrogens with one attached hydrogen (secondary N) is 3. The summed E-state index contributed by atoms with van der Waals surface area (Å²) in [6.07, 6.45) is 0. The number of ether oxygens (including phenoxy) is 1. The minimum Gasteiger partial charge on any atom is -0.496 e. The number of anilines is 2. The van der Waals surface area contributed by atoms with Gasteiger partial charge in [0.1, 0.15) is 13.6 Å². The highest BCUT2D eigenvalue weighted by molar-refractivity contribution is 6.34. The van der Waals surface area contributed by atoms with Crippen molar-refractivity contribution in [1.82, 2.24) is 5.32 Å². The van der Waals surface area contributed by atoms with Crippen LogP contribution >= 0.6 is 11.6 Å². The van der Waals surface area contributed by atoms with Gasteiger partial charge in [0.2, 0.25) is 5.91 Å². The van der Waals surface area contributed by atoms with Gasteiger partial charge in [-0.15, -0.1) is 0 Å². The van der Waals surface area contributed by atoms with Gasteiger partial charge in [-0.25, -0.2) is 0 Å². The van der Waals surface area contributed by atoms with Crippen LogP contribution in [0.1, 0.15) is 47.1 Å². The molecule has 3 aromatic rings. The van der Waals surface area contributed by atoms with E-state index in [0.717, 1.165) is 5.56 Å². The van der Waals surface area contributed by atoms with Gasteiger partial charge < -0.3 is 20.7 Å². The van der Waals surface area contributed by atoms with Crippen LogP contribution in [-0.4, -0.2) is 32.7 Å². The Labute approximate surface area is 217 Å². The van der Waals surface area contributed by atoms with E-state index in [2.05, 4.69) is 16.0 Å². The number of rotatable bonds is 7. The quantitative estimate of drug-likeness (QED) is 0.419. The van der Waals surface area contributed by atoms with E-state index in [4.69, 9.17) is 24.2 Å². The average Bonchev–Trinajstić information content (AvgIpc) is 2.84. The number of methoxy groups -OCH3 is 1. The van der Waals surface area contributed by atoms with Gasteiger partial charge >= 0.3 is 0 Å². The first-order valence-corrected chi connectivity index (χ1v) is 11.6. The summed E-state index contributed by atoms with van der Waals surface area (Å²) < 4.78 is 5.32. The van der Waals surface area contributed by atoms with Crippen molar-refractivity contribution in [2.45, 2.75) is 27.3 Å². The fraction of sp³-hybridized carbons (Fsp3) is 0.222. The number of hydrogen-bond acceptors (Lipinski definition) is 4. The third-order valence-electron chi connectivity index (χ3n) is 5.28. The zero-order valence-corrected chi connectivity index (χ0v) is 21.3. The van der Waals surface area contributed by atoms with E-state index in [-0.39, 0.29) is 28.6 Å². The monoisotopic (exact) mass is 503 g/mol. The zero-order valence-electron chi connectivity index (χ0n) is 20.6. The molecular formula is C27H27BClN3O4. The number of carbonyl (C=O) groups excluding carboxylic acids is 3. The fourth-order valence-electron chi connectivity index (χ4n) is 3.23. The lowest BCUT2D eigenvalue weighted by Crippen LogP contribution is -2.34. The summed E-state index contributed by atoms with van der Waals surface area (Å²) in [6.45, 7) is 5.72. The molecule has 3 N–H and O–H groups in total. The van der Waals surface area contributed by atoms with Crippen molar-refractivity contribution in [2.75, 3.05) is 17.7 Å². The molecule has 3 aromatic carbocycles. The minimum absolute atomic E-state index is 0.105. The van der Waals surface area contributed by atoms with Crippen molar-refractivity contribution < 1.29 is 19.1 Å². The summed E-state index contributed by atoms with van der Waals surface area (Å²) >= 11 is 6.28. The maximum Gasteiger partial charge on any atom is 0.259 e. The molecule has 36 heavy (non-hydrogen) atoms. The molecule has 3 amide bonds. The Hall–Kier alpha value is -3.78. The van der Waals surface area contributed by atoms with Gasteiger partial charge in [0.15, 0.2) is 0 Å². The lowest BCUT2D eigenvalue weighted by atomic mass is 9.95. The molecular weight excluding hydrogens is 477 g/mol. The van der Waals surface area contributed by atoms with E-state index in [0.29, 0.717) is 22.6 Å². The van der Waals surface area contributed by atoms with Crippen LogP contribution < -0.4 is 26.2 Å². The molecule has 184 valence electrons. The second-order valence-corrected chi connectivity index (χ2v) is 9.60. The van der Waals surface area contributed by atoms with Crippen molar-refractivity contribution >= 4 is 54.0 Å². The van der Waals surface area contributed by atoms with E-state index in [1.165, 1.54) is 13.2 Å². The highest BCUT2D eigenvalue weighted by Crippen LogP contribution is 2.26. The molecule has 0 aromatic heterocycles. The van der Waals surface area contributed by atoms with Crippen molar-refractivity contribution in [3.63, 3.8) is 0 Å². The molecule has 0 fully saturated rings. The van der Waals surface area contributed by atoms with Crippen LogP contribution in [-0.2, 0) is 11.3 Å². The maximum atomic E-state index is 13.0. The van der Waals surface area contributed by atoms with Crippen LogP contribution in [0.15, 0.2) is 60.7 Å². The molecule has 0 saturated carbocycles. The molecule has 0 aliphatic rings. The third-order valence-corrected chi connectivity index (χ3v) is 5.61. The molecule has 0 aliphatic heterocycles. The number of benzene rings is 3. The highest BCUT2D eigenvalue weighted by atomic mass is 35.5. The predicted molar refractivity (Wildman–Crippen MR) is 143 cm³/mol. The van der Waals surface area contributed by atoms with Crippen molar-refractivity contribution in [1.29, 1.82) is 0 Å². The van der Waals surface area contributed by atoms with Crippen LogP contribution in [0.2, 0.25) is 5.02 Å². The largest absolute Gasteiger partial charge is 0.496 e. The molecule has 2 radical (unpaired) electrons. The molecule has 0 spiro atoms. The smallest absolute Gasteiger partial charge is 0.259 e. The number of amides is 3. The van der Waals surface area contributed by atoms with Crippen LogP contribution in [0.3, 0.4) is 0 Å². The second kappa shape index (κ2) is 11.3. The normalized spacial score (nSPS) is 10.9. The van der Waals surface area contributed by atoms with Gasteiger partial charge in [0.25, 0.3) is 11.8 Å². The van der Waals surface area contributed by atoms with Gasteiger partial charge in [-0.1, -0.05) is 56.0 Å². The summed E-state index contributed by atoms with van der Waals surface area (Å²) in [4.78, 5) is 38.1. The standard InChI is InChI=1S/C27H27BClN3O4/c1-27(2,3)26(35)30-15-16-5-11-22(29)20(13-16)24(33)32-19-10-12-23(36-4)21(14-19)25(34)31-18-8-6-17(28)7-9-18/h5-14H,15H2,1-4H3,(H,30,35)(H,31,34)(H,32,33). The number of hydrogen-bond donors (Lipinski definition) is 3. The van der Waals surface area contributed by atoms with Crippen LogP contribution in [0, 0.1) is 5.41 Å². The third kappa shape index (κ3) is 6.89. The van der Waals surface area contributed by atoms with Gasteiger partial charge in [-0.3, -0.25) is 14.4 Å². The molecule has 7 nitrogen and oxygen atoms in total. The summed E-state index contributed by atoms with van der Waals surface area (Å²) in [5.74, 6) is -0.636. The Kier molecular flexibility index (Phi) is 8.43. The molecule has 0 heterocycles. The summed E-state index contributed by atoms with van der Waals surface area (Å²) in [5, 5.41) is 8.66. The predicted octanol–water partition coefficient (Wildman–Crippen LogP) is 4.31. The Balaban J connectivity index is 1.77. The van der Waals surface area contributed by atoms with Crippen LogP contribution in [0.4, 0.5) is 11.4 Å². The van der Waals surface area contributed by atoms with Gasteiger partial charge in [0.05, 0.1) is 23.3 Å². The Morgan fingerprint density at radius 2 is 1.47 bits per heavy atom. The van der Waals surface area contributed by atoms with E-state index in [1.54, 1.807) is 54.6 Å². The van der Waals surface area contributed by atoms with Crippen molar-refractivity contribution in [3.8, 4) is 5.75 Å². The van der Waals surface area contributed by atoms with Crippen LogP contribution in [0.25, 0.3) is 0 Å². The number of carbonyl (C=O) groups is 3. The molecule has 0 bridgehead atoms.